The third-order valence-electron chi connectivity index (χ3n) is 4.03. The normalized spacial score (nSPS) is 18.7. The number of carbonyl (C=O) groups is 1. The van der Waals surface area contributed by atoms with E-state index in [0.717, 1.165) is 17.8 Å². The number of anilines is 1. The third kappa shape index (κ3) is 3.05. The summed E-state index contributed by atoms with van der Waals surface area (Å²) in [7, 11) is 0. The lowest BCUT2D eigenvalue weighted by atomic mass is 10.1. The molecule has 21 heavy (non-hydrogen) atoms. The molecule has 1 aliphatic carbocycles. The van der Waals surface area contributed by atoms with Crippen LogP contribution in [-0.4, -0.2) is 30.0 Å². The van der Waals surface area contributed by atoms with E-state index >= 15 is 0 Å². The van der Waals surface area contributed by atoms with Crippen molar-refractivity contribution < 1.29 is 9.72 Å². The second-order valence-corrected chi connectivity index (χ2v) is 6.04. The SMILES string of the molecule is CC(CNC1CC1)CN1C(=O)Cc2cc([N+](=O)[O-])ccc21. The molecule has 0 radical (unpaired) electrons. The lowest BCUT2D eigenvalue weighted by Crippen LogP contribution is -2.35. The van der Waals surface area contributed by atoms with Crippen molar-refractivity contribution in [2.24, 2.45) is 5.92 Å². The first-order chi connectivity index (χ1) is 10.0. The van der Waals surface area contributed by atoms with Crippen molar-refractivity contribution >= 4 is 17.3 Å². The van der Waals surface area contributed by atoms with Crippen molar-refractivity contribution in [3.63, 3.8) is 0 Å². The molecule has 1 saturated carbocycles. The summed E-state index contributed by atoms with van der Waals surface area (Å²) in [5.74, 6) is 0.388. The molecule has 112 valence electrons. The first-order valence-corrected chi connectivity index (χ1v) is 7.35. The molecular formula is C15H19N3O3. The van der Waals surface area contributed by atoms with Gasteiger partial charge in [-0.25, -0.2) is 0 Å². The van der Waals surface area contributed by atoms with Crippen LogP contribution in [0.5, 0.6) is 0 Å². The predicted octanol–water partition coefficient (Wildman–Crippen LogP) is 1.87. The number of carbonyl (C=O) groups excluding carboxylic acids is 1. The molecule has 6 nitrogen and oxygen atoms in total. The molecule has 1 N–H and O–H groups in total. The van der Waals surface area contributed by atoms with Crippen molar-refractivity contribution in [1.29, 1.82) is 0 Å². The molecule has 1 aromatic rings. The molecular weight excluding hydrogens is 270 g/mol. The number of nitrogens with one attached hydrogen (secondary N) is 1. The summed E-state index contributed by atoms with van der Waals surface area (Å²) in [5.41, 5.74) is 1.63. The summed E-state index contributed by atoms with van der Waals surface area (Å²) < 4.78 is 0. The van der Waals surface area contributed by atoms with E-state index < -0.39 is 4.92 Å². The maximum absolute atomic E-state index is 12.1. The summed E-state index contributed by atoms with van der Waals surface area (Å²) in [4.78, 5) is 24.3. The van der Waals surface area contributed by atoms with E-state index in [0.29, 0.717) is 18.5 Å². The second kappa shape index (κ2) is 5.44. The number of rotatable bonds is 6. The van der Waals surface area contributed by atoms with Gasteiger partial charge in [0.15, 0.2) is 0 Å². The van der Waals surface area contributed by atoms with Crippen molar-refractivity contribution in [2.45, 2.75) is 32.2 Å². The zero-order valence-electron chi connectivity index (χ0n) is 12.0. The Balaban J connectivity index is 1.69. The first kappa shape index (κ1) is 14.0. The quantitative estimate of drug-likeness (QED) is 0.641. The highest BCUT2D eigenvalue weighted by Gasteiger charge is 2.30. The Morgan fingerprint density at radius 2 is 2.24 bits per heavy atom. The van der Waals surface area contributed by atoms with Gasteiger partial charge in [0, 0.05) is 30.4 Å². The van der Waals surface area contributed by atoms with Gasteiger partial charge in [0.25, 0.3) is 5.69 Å². The van der Waals surface area contributed by atoms with Crippen LogP contribution in [0, 0.1) is 16.0 Å². The molecule has 1 heterocycles. The summed E-state index contributed by atoms with van der Waals surface area (Å²) >= 11 is 0. The predicted molar refractivity (Wildman–Crippen MR) is 79.3 cm³/mol. The number of hydrogen-bond donors (Lipinski definition) is 1. The minimum atomic E-state index is -0.421. The van der Waals surface area contributed by atoms with Gasteiger partial charge in [-0.3, -0.25) is 14.9 Å². The Kier molecular flexibility index (Phi) is 3.63. The zero-order chi connectivity index (χ0) is 15.0. The first-order valence-electron chi connectivity index (χ1n) is 7.35. The van der Waals surface area contributed by atoms with Crippen LogP contribution in [0.4, 0.5) is 11.4 Å². The van der Waals surface area contributed by atoms with E-state index in [9.17, 15) is 14.9 Å². The number of non-ortho nitro benzene ring substituents is 1. The van der Waals surface area contributed by atoms with Gasteiger partial charge in [0.1, 0.15) is 0 Å². The van der Waals surface area contributed by atoms with Gasteiger partial charge in [-0.15, -0.1) is 0 Å². The maximum atomic E-state index is 12.1. The molecule has 1 fully saturated rings. The molecule has 1 amide bonds. The average molecular weight is 289 g/mol. The lowest BCUT2D eigenvalue weighted by molar-refractivity contribution is -0.384. The molecule has 1 aliphatic heterocycles. The van der Waals surface area contributed by atoms with Gasteiger partial charge in [0.2, 0.25) is 5.91 Å². The van der Waals surface area contributed by atoms with Crippen LogP contribution in [0.25, 0.3) is 0 Å². The average Bonchev–Trinajstić information content (AvgIpc) is 3.22. The standard InChI is InChI=1S/C15H19N3O3/c1-10(8-16-12-2-3-12)9-17-14-5-4-13(18(20)21)6-11(14)7-15(17)19/h4-6,10,12,16H,2-3,7-9H2,1H3. The minimum Gasteiger partial charge on any atom is -0.314 e. The fourth-order valence-corrected chi connectivity index (χ4v) is 2.71. The van der Waals surface area contributed by atoms with Gasteiger partial charge >= 0.3 is 0 Å². The van der Waals surface area contributed by atoms with Crippen LogP contribution in [-0.2, 0) is 11.2 Å². The van der Waals surface area contributed by atoms with E-state index in [2.05, 4.69) is 12.2 Å². The molecule has 1 unspecified atom stereocenters. The fourth-order valence-electron chi connectivity index (χ4n) is 2.71. The summed E-state index contributed by atoms with van der Waals surface area (Å²) in [5, 5.41) is 14.3. The van der Waals surface area contributed by atoms with Crippen LogP contribution in [0.3, 0.4) is 0 Å². The number of amides is 1. The van der Waals surface area contributed by atoms with Crippen LogP contribution in [0.1, 0.15) is 25.3 Å². The van der Waals surface area contributed by atoms with Crippen molar-refractivity contribution in [1.82, 2.24) is 5.32 Å². The molecule has 0 bridgehead atoms. The van der Waals surface area contributed by atoms with E-state index in [-0.39, 0.29) is 18.0 Å². The second-order valence-electron chi connectivity index (χ2n) is 6.04. The Bertz CT molecular complexity index is 584. The molecule has 0 saturated heterocycles. The Hall–Kier alpha value is -1.95. The van der Waals surface area contributed by atoms with Gasteiger partial charge in [-0.05, 0) is 36.9 Å². The van der Waals surface area contributed by atoms with E-state index in [1.165, 1.54) is 25.0 Å². The minimum absolute atomic E-state index is 0.0313. The molecule has 0 spiro atoms. The molecule has 2 aliphatic rings. The Morgan fingerprint density at radius 3 is 2.90 bits per heavy atom. The van der Waals surface area contributed by atoms with Gasteiger partial charge in [-0.1, -0.05) is 6.92 Å². The van der Waals surface area contributed by atoms with E-state index in [1.54, 1.807) is 11.0 Å². The van der Waals surface area contributed by atoms with Gasteiger partial charge in [-0.2, -0.15) is 0 Å². The topological polar surface area (TPSA) is 75.5 Å². The highest BCUT2D eigenvalue weighted by Crippen LogP contribution is 2.32. The largest absolute Gasteiger partial charge is 0.314 e. The summed E-state index contributed by atoms with van der Waals surface area (Å²) in [6.07, 6.45) is 2.77. The smallest absolute Gasteiger partial charge is 0.269 e. The monoisotopic (exact) mass is 289 g/mol. The van der Waals surface area contributed by atoms with Crippen LogP contribution < -0.4 is 10.2 Å². The van der Waals surface area contributed by atoms with Crippen molar-refractivity contribution in [3.05, 3.63) is 33.9 Å². The Morgan fingerprint density at radius 1 is 1.48 bits per heavy atom. The highest BCUT2D eigenvalue weighted by atomic mass is 16.6. The van der Waals surface area contributed by atoms with Crippen LogP contribution in [0.15, 0.2) is 18.2 Å². The van der Waals surface area contributed by atoms with Crippen molar-refractivity contribution in [3.8, 4) is 0 Å². The number of hydrogen-bond acceptors (Lipinski definition) is 4. The Labute approximate surface area is 123 Å². The number of benzene rings is 1. The molecule has 1 atom stereocenters. The molecule has 6 heteroatoms. The van der Waals surface area contributed by atoms with E-state index in [4.69, 9.17) is 0 Å². The third-order valence-corrected chi connectivity index (χ3v) is 4.03. The zero-order valence-corrected chi connectivity index (χ0v) is 12.0. The summed E-state index contributed by atoms with van der Waals surface area (Å²) in [6, 6.07) is 5.34. The van der Waals surface area contributed by atoms with Gasteiger partial charge < -0.3 is 10.2 Å². The van der Waals surface area contributed by atoms with E-state index in [1.807, 2.05) is 0 Å². The number of nitro groups is 1. The number of fused-ring (bicyclic) bond motifs is 1. The van der Waals surface area contributed by atoms with Crippen LogP contribution >= 0.6 is 0 Å². The number of nitro benzene ring substituents is 1. The molecule has 1 aromatic carbocycles. The maximum Gasteiger partial charge on any atom is 0.269 e. The van der Waals surface area contributed by atoms with Crippen molar-refractivity contribution in [2.75, 3.05) is 18.0 Å². The van der Waals surface area contributed by atoms with Crippen LogP contribution in [0.2, 0.25) is 0 Å². The van der Waals surface area contributed by atoms with Gasteiger partial charge in [0.05, 0.1) is 11.3 Å². The summed E-state index contributed by atoms with van der Waals surface area (Å²) in [6.45, 7) is 3.67. The molecule has 0 aromatic heterocycles. The molecule has 3 rings (SSSR count). The number of nitrogens with zero attached hydrogens (tertiary/aromatic N) is 2. The highest BCUT2D eigenvalue weighted by molar-refractivity contribution is 6.01. The fraction of sp³-hybridized carbons (Fsp3) is 0.533. The lowest BCUT2D eigenvalue weighted by Gasteiger charge is -2.22.